The summed E-state index contributed by atoms with van der Waals surface area (Å²) in [5.41, 5.74) is 1.46. The van der Waals surface area contributed by atoms with E-state index in [-0.39, 0.29) is 16.1 Å². The molecule has 13 heteroatoms. The maximum Gasteiger partial charge on any atom is 0.490 e. The first-order chi connectivity index (χ1) is 16.7. The predicted molar refractivity (Wildman–Crippen MR) is 123 cm³/mol. The highest BCUT2D eigenvalue weighted by Gasteiger charge is 2.38. The largest absolute Gasteiger partial charge is 0.490 e. The van der Waals surface area contributed by atoms with Gasteiger partial charge in [0.2, 0.25) is 0 Å². The van der Waals surface area contributed by atoms with Crippen LogP contribution in [0, 0.1) is 5.82 Å². The Morgan fingerprint density at radius 1 is 0.944 bits per heavy atom. The molecule has 0 amide bonds. The topological polar surface area (TPSA) is 124 Å². The van der Waals surface area contributed by atoms with Crippen molar-refractivity contribution in [3.8, 4) is 0 Å². The third-order valence-electron chi connectivity index (χ3n) is 4.50. The lowest BCUT2D eigenvalue weighted by Gasteiger charge is -2.22. The first-order valence-corrected chi connectivity index (χ1v) is 11.4. The van der Waals surface area contributed by atoms with E-state index in [2.05, 4.69) is 4.72 Å². The molecule has 0 saturated carbocycles. The number of sulfonamides is 1. The number of hydrogen-bond acceptors (Lipinski definition) is 5. The van der Waals surface area contributed by atoms with E-state index in [1.165, 1.54) is 30.3 Å². The molecule has 0 fully saturated rings. The second kappa shape index (κ2) is 11.5. The van der Waals surface area contributed by atoms with Gasteiger partial charge in [0.1, 0.15) is 5.82 Å². The van der Waals surface area contributed by atoms with E-state index < -0.39 is 34.0 Å². The van der Waals surface area contributed by atoms with Crippen LogP contribution in [0.15, 0.2) is 77.7 Å². The summed E-state index contributed by atoms with van der Waals surface area (Å²) in [6, 6.07) is 18.4. The molecule has 3 N–H and O–H groups in total. The molecule has 0 spiro atoms. The zero-order chi connectivity index (χ0) is 27.1. The number of anilines is 2. The number of benzene rings is 3. The predicted octanol–water partition coefficient (Wildman–Crippen LogP) is 4.59. The van der Waals surface area contributed by atoms with Crippen LogP contribution in [0.3, 0.4) is 0 Å². The summed E-state index contributed by atoms with van der Waals surface area (Å²) < 4.78 is 72.3. The number of nitrogens with one attached hydrogen (secondary N) is 1. The quantitative estimate of drug-likeness (QED) is 0.383. The van der Waals surface area contributed by atoms with Gasteiger partial charge in [-0.1, -0.05) is 36.4 Å². The highest BCUT2D eigenvalue weighted by atomic mass is 32.2. The monoisotopic (exact) mass is 528 g/mol. The molecular formula is C23H20F4N2O6S. The average molecular weight is 528 g/mol. The van der Waals surface area contributed by atoms with Crippen LogP contribution in [0.4, 0.5) is 28.9 Å². The van der Waals surface area contributed by atoms with Gasteiger partial charge in [0, 0.05) is 19.3 Å². The van der Waals surface area contributed by atoms with Gasteiger partial charge in [-0.15, -0.1) is 0 Å². The van der Waals surface area contributed by atoms with Gasteiger partial charge < -0.3 is 15.1 Å². The standard InChI is InChI=1S/C21H19FN2O4S.C2HF3O2/c1-24(14-15-6-3-2-4-7-15)20-11-10-17(13-19(20)21(25)26)23-29(27,28)18-9-5-8-16(22)12-18;3-2(4,5)1(6)7/h2-13,23H,14H2,1H3,(H,25,26);(H,6,7). The molecule has 3 aromatic rings. The van der Waals surface area contributed by atoms with E-state index in [0.717, 1.165) is 17.7 Å². The van der Waals surface area contributed by atoms with Gasteiger partial charge in [-0.3, -0.25) is 4.72 Å². The third kappa shape index (κ3) is 7.98. The summed E-state index contributed by atoms with van der Waals surface area (Å²) in [6.07, 6.45) is -5.08. The van der Waals surface area contributed by atoms with E-state index in [1.54, 1.807) is 11.9 Å². The van der Waals surface area contributed by atoms with Crippen LogP contribution in [0.1, 0.15) is 15.9 Å². The van der Waals surface area contributed by atoms with Crippen LogP contribution >= 0.6 is 0 Å². The minimum Gasteiger partial charge on any atom is -0.478 e. The van der Waals surface area contributed by atoms with Crippen molar-refractivity contribution in [3.63, 3.8) is 0 Å². The van der Waals surface area contributed by atoms with Crippen molar-refractivity contribution in [2.75, 3.05) is 16.7 Å². The Labute approximate surface area is 203 Å². The minimum atomic E-state index is -5.08. The van der Waals surface area contributed by atoms with Gasteiger partial charge in [0.15, 0.2) is 0 Å². The van der Waals surface area contributed by atoms with E-state index in [1.807, 2.05) is 30.3 Å². The number of nitrogens with zero attached hydrogens (tertiary/aromatic N) is 1. The van der Waals surface area contributed by atoms with Crippen LogP contribution in [-0.4, -0.2) is 43.8 Å². The van der Waals surface area contributed by atoms with E-state index in [9.17, 15) is 35.9 Å². The second-order valence-electron chi connectivity index (χ2n) is 7.24. The molecular weight excluding hydrogens is 508 g/mol. The number of rotatable bonds is 7. The Kier molecular flexibility index (Phi) is 9.00. The molecule has 0 atom stereocenters. The fourth-order valence-electron chi connectivity index (χ4n) is 2.89. The number of carboxylic acids is 2. The summed E-state index contributed by atoms with van der Waals surface area (Å²) >= 11 is 0. The molecule has 0 radical (unpaired) electrons. The van der Waals surface area contributed by atoms with Gasteiger partial charge in [-0.25, -0.2) is 22.4 Å². The van der Waals surface area contributed by atoms with Crippen molar-refractivity contribution in [2.24, 2.45) is 0 Å². The minimum absolute atomic E-state index is 0.0529. The maximum absolute atomic E-state index is 13.4. The number of alkyl halides is 3. The average Bonchev–Trinajstić information content (AvgIpc) is 2.79. The third-order valence-corrected chi connectivity index (χ3v) is 5.88. The van der Waals surface area contributed by atoms with Crippen molar-refractivity contribution >= 4 is 33.3 Å². The van der Waals surface area contributed by atoms with Crippen molar-refractivity contribution in [2.45, 2.75) is 17.6 Å². The van der Waals surface area contributed by atoms with Crippen molar-refractivity contribution in [3.05, 3.63) is 89.7 Å². The van der Waals surface area contributed by atoms with Crippen molar-refractivity contribution in [1.82, 2.24) is 0 Å². The SMILES string of the molecule is CN(Cc1ccccc1)c1ccc(NS(=O)(=O)c2cccc(F)c2)cc1C(=O)O.O=C(O)C(F)(F)F. The van der Waals surface area contributed by atoms with E-state index >= 15 is 0 Å². The molecule has 192 valence electrons. The Morgan fingerprint density at radius 2 is 1.56 bits per heavy atom. The molecule has 0 unspecified atom stereocenters. The number of carboxylic acid groups (broad SMARTS) is 2. The van der Waals surface area contributed by atoms with Gasteiger partial charge in [0.25, 0.3) is 10.0 Å². The number of hydrogen-bond donors (Lipinski definition) is 3. The van der Waals surface area contributed by atoms with E-state index in [4.69, 9.17) is 9.90 Å². The van der Waals surface area contributed by atoms with Crippen molar-refractivity contribution in [1.29, 1.82) is 0 Å². The zero-order valence-electron chi connectivity index (χ0n) is 18.5. The molecule has 3 rings (SSSR count). The highest BCUT2D eigenvalue weighted by molar-refractivity contribution is 7.92. The number of halogens is 4. The molecule has 0 heterocycles. The summed E-state index contributed by atoms with van der Waals surface area (Å²) in [7, 11) is -2.30. The van der Waals surface area contributed by atoms with Crippen LogP contribution in [0.5, 0.6) is 0 Å². The Bertz CT molecular complexity index is 1330. The summed E-state index contributed by atoms with van der Waals surface area (Å²) in [5, 5.41) is 16.7. The number of aliphatic carboxylic acids is 1. The van der Waals surface area contributed by atoms with Gasteiger partial charge >= 0.3 is 18.1 Å². The maximum atomic E-state index is 13.4. The van der Waals surface area contributed by atoms with Gasteiger partial charge in [-0.2, -0.15) is 13.2 Å². The number of aromatic carboxylic acids is 1. The lowest BCUT2D eigenvalue weighted by Crippen LogP contribution is -2.21. The first-order valence-electron chi connectivity index (χ1n) is 9.91. The highest BCUT2D eigenvalue weighted by Crippen LogP contribution is 2.26. The van der Waals surface area contributed by atoms with Crippen molar-refractivity contribution < 1.29 is 45.8 Å². The van der Waals surface area contributed by atoms with Gasteiger partial charge in [0.05, 0.1) is 16.1 Å². The summed E-state index contributed by atoms with van der Waals surface area (Å²) in [6.45, 7) is 0.482. The number of carbonyl (C=O) groups is 2. The fraction of sp³-hybridized carbons (Fsp3) is 0.130. The molecule has 0 saturated heterocycles. The normalized spacial score (nSPS) is 11.1. The fourth-order valence-corrected chi connectivity index (χ4v) is 3.97. The van der Waals surface area contributed by atoms with Gasteiger partial charge in [-0.05, 0) is 42.0 Å². The summed E-state index contributed by atoms with van der Waals surface area (Å²) in [5.74, 6) is -4.63. The van der Waals surface area contributed by atoms with Crippen LogP contribution in [0.2, 0.25) is 0 Å². The molecule has 0 aliphatic heterocycles. The molecule has 36 heavy (non-hydrogen) atoms. The Hall–Kier alpha value is -4.13. The van der Waals surface area contributed by atoms with Crippen LogP contribution in [-0.2, 0) is 21.4 Å². The Balaban J connectivity index is 0.000000572. The molecule has 0 aromatic heterocycles. The smallest absolute Gasteiger partial charge is 0.478 e. The second-order valence-corrected chi connectivity index (χ2v) is 8.93. The summed E-state index contributed by atoms with van der Waals surface area (Å²) in [4.78, 5) is 22.2. The molecule has 0 bridgehead atoms. The van der Waals surface area contributed by atoms with Crippen LogP contribution < -0.4 is 9.62 Å². The van der Waals surface area contributed by atoms with Crippen LogP contribution in [0.25, 0.3) is 0 Å². The molecule has 0 aliphatic rings. The zero-order valence-corrected chi connectivity index (χ0v) is 19.3. The Morgan fingerprint density at radius 3 is 2.08 bits per heavy atom. The first kappa shape index (κ1) is 28.1. The molecule has 0 aliphatic carbocycles. The lowest BCUT2D eigenvalue weighted by atomic mass is 10.1. The lowest BCUT2D eigenvalue weighted by molar-refractivity contribution is -0.192. The molecule has 8 nitrogen and oxygen atoms in total. The van der Waals surface area contributed by atoms with E-state index in [0.29, 0.717) is 12.2 Å². The molecule has 3 aromatic carbocycles.